The summed E-state index contributed by atoms with van der Waals surface area (Å²) in [4.78, 5) is 14.9. The molecule has 0 bridgehead atoms. The molecule has 1 aromatic carbocycles. The van der Waals surface area contributed by atoms with E-state index in [1.54, 1.807) is 0 Å². The minimum atomic E-state index is -4.82. The lowest BCUT2D eigenvalue weighted by Crippen LogP contribution is -2.17. The molecule has 0 aliphatic heterocycles. The fourth-order valence-electron chi connectivity index (χ4n) is 1.73. The van der Waals surface area contributed by atoms with Crippen LogP contribution >= 0.6 is 0 Å². The molecule has 0 aliphatic rings. The first-order valence-corrected chi connectivity index (χ1v) is 5.62. The number of nitrogen functional groups attached to an aromatic ring is 1. The molecule has 0 spiro atoms. The van der Waals surface area contributed by atoms with E-state index in [9.17, 15) is 18.0 Å². The number of benzene rings is 1. The average Bonchev–Trinajstić information content (AvgIpc) is 2.36. The Balaban J connectivity index is 2.46. The number of nitrogens with zero attached hydrogens (tertiary/aromatic N) is 1. The summed E-state index contributed by atoms with van der Waals surface area (Å²) in [6.07, 6.45) is -3.60. The number of hydrogen-bond donors (Lipinski definition) is 2. The highest BCUT2D eigenvalue weighted by molar-refractivity contribution is 5.97. The molecule has 0 unspecified atom stereocenters. The molecule has 1 heterocycles. The minimum Gasteiger partial charge on any atom is -0.478 e. The molecule has 110 valence electrons. The lowest BCUT2D eigenvalue weighted by Gasteiger charge is -2.11. The van der Waals surface area contributed by atoms with E-state index in [1.165, 1.54) is 24.4 Å². The van der Waals surface area contributed by atoms with E-state index in [4.69, 9.17) is 10.8 Å². The molecule has 1 aromatic heterocycles. The second kappa shape index (κ2) is 5.31. The highest BCUT2D eigenvalue weighted by Crippen LogP contribution is 2.30. The van der Waals surface area contributed by atoms with E-state index in [0.717, 1.165) is 12.1 Å². The Morgan fingerprint density at radius 3 is 2.62 bits per heavy atom. The summed E-state index contributed by atoms with van der Waals surface area (Å²) in [5.74, 6) is -1.69. The molecular formula is C13H9F3N2O3. The van der Waals surface area contributed by atoms with Crippen molar-refractivity contribution in [3.63, 3.8) is 0 Å². The Kier molecular flexibility index (Phi) is 3.70. The first-order valence-electron chi connectivity index (χ1n) is 5.62. The Labute approximate surface area is 116 Å². The maximum atomic E-state index is 12.2. The molecule has 0 fully saturated rings. The number of carboxylic acids is 1. The minimum absolute atomic E-state index is 0.0718. The highest BCUT2D eigenvalue weighted by Gasteiger charge is 2.31. The van der Waals surface area contributed by atoms with Crippen LogP contribution in [0, 0.1) is 0 Å². The number of halogens is 3. The van der Waals surface area contributed by atoms with Crippen LogP contribution in [0.5, 0.6) is 5.75 Å². The van der Waals surface area contributed by atoms with Gasteiger partial charge in [0.2, 0.25) is 0 Å². The molecular weight excluding hydrogens is 289 g/mol. The quantitative estimate of drug-likeness (QED) is 0.910. The third-order valence-electron chi connectivity index (χ3n) is 2.56. The number of aromatic nitrogens is 1. The predicted molar refractivity (Wildman–Crippen MR) is 67.7 cm³/mol. The topological polar surface area (TPSA) is 85.4 Å². The van der Waals surface area contributed by atoms with Crippen molar-refractivity contribution in [2.45, 2.75) is 6.36 Å². The molecule has 21 heavy (non-hydrogen) atoms. The maximum Gasteiger partial charge on any atom is 0.573 e. The third-order valence-corrected chi connectivity index (χ3v) is 2.56. The lowest BCUT2D eigenvalue weighted by atomic mass is 10.1. The van der Waals surface area contributed by atoms with E-state index >= 15 is 0 Å². The molecule has 0 saturated carbocycles. The van der Waals surface area contributed by atoms with Crippen molar-refractivity contribution in [3.05, 3.63) is 42.1 Å². The van der Waals surface area contributed by atoms with E-state index in [-0.39, 0.29) is 22.5 Å². The van der Waals surface area contributed by atoms with Crippen LogP contribution in [0.15, 0.2) is 36.5 Å². The van der Waals surface area contributed by atoms with Crippen LogP contribution in [0.4, 0.5) is 18.9 Å². The summed E-state index contributed by atoms with van der Waals surface area (Å²) in [5.41, 5.74) is 5.67. The fourth-order valence-corrected chi connectivity index (χ4v) is 1.73. The van der Waals surface area contributed by atoms with Gasteiger partial charge in [-0.25, -0.2) is 4.79 Å². The van der Waals surface area contributed by atoms with Crippen LogP contribution in [-0.2, 0) is 0 Å². The van der Waals surface area contributed by atoms with E-state index in [0.29, 0.717) is 0 Å². The molecule has 0 amide bonds. The summed E-state index contributed by atoms with van der Waals surface area (Å²) >= 11 is 0. The summed E-state index contributed by atoms with van der Waals surface area (Å²) < 4.78 is 40.3. The smallest absolute Gasteiger partial charge is 0.478 e. The van der Waals surface area contributed by atoms with Crippen LogP contribution in [0.3, 0.4) is 0 Å². The molecule has 0 atom stereocenters. The van der Waals surface area contributed by atoms with Gasteiger partial charge in [-0.2, -0.15) is 0 Å². The van der Waals surface area contributed by atoms with Gasteiger partial charge in [-0.1, -0.05) is 12.1 Å². The molecule has 0 radical (unpaired) electrons. The van der Waals surface area contributed by atoms with Gasteiger partial charge in [0.1, 0.15) is 5.75 Å². The fraction of sp³-hybridized carbons (Fsp3) is 0.0769. The Bertz CT molecular complexity index is 687. The van der Waals surface area contributed by atoms with Gasteiger partial charge in [0.25, 0.3) is 0 Å². The van der Waals surface area contributed by atoms with Gasteiger partial charge < -0.3 is 15.6 Å². The number of alkyl halides is 3. The van der Waals surface area contributed by atoms with Gasteiger partial charge >= 0.3 is 12.3 Å². The molecule has 8 heteroatoms. The van der Waals surface area contributed by atoms with Gasteiger partial charge in [-0.15, -0.1) is 13.2 Å². The SMILES string of the molecule is Nc1c(C(=O)O)ccnc1-c1cccc(OC(F)(F)F)c1. The number of nitrogens with two attached hydrogens (primary N) is 1. The van der Waals surface area contributed by atoms with Gasteiger partial charge in [-0.05, 0) is 18.2 Å². The Hall–Kier alpha value is -2.77. The van der Waals surface area contributed by atoms with Crippen molar-refractivity contribution in [2.75, 3.05) is 5.73 Å². The second-order valence-electron chi connectivity index (χ2n) is 4.00. The molecule has 2 rings (SSSR count). The average molecular weight is 298 g/mol. The number of carboxylic acid groups (broad SMARTS) is 1. The highest BCUT2D eigenvalue weighted by atomic mass is 19.4. The summed E-state index contributed by atoms with van der Waals surface area (Å²) in [5, 5.41) is 8.96. The van der Waals surface area contributed by atoms with Crippen LogP contribution in [0.1, 0.15) is 10.4 Å². The summed E-state index contributed by atoms with van der Waals surface area (Å²) in [6.45, 7) is 0. The zero-order chi connectivity index (χ0) is 15.6. The van der Waals surface area contributed by atoms with Crippen molar-refractivity contribution in [1.82, 2.24) is 4.98 Å². The van der Waals surface area contributed by atoms with Crippen molar-refractivity contribution < 1.29 is 27.8 Å². The lowest BCUT2D eigenvalue weighted by molar-refractivity contribution is -0.274. The number of rotatable bonds is 3. The van der Waals surface area contributed by atoms with Gasteiger partial charge in [0, 0.05) is 11.8 Å². The van der Waals surface area contributed by atoms with E-state index in [2.05, 4.69) is 9.72 Å². The number of anilines is 1. The predicted octanol–water partition coefficient (Wildman–Crippen LogP) is 2.93. The maximum absolute atomic E-state index is 12.2. The monoisotopic (exact) mass is 298 g/mol. The first-order chi connectivity index (χ1) is 9.78. The normalized spacial score (nSPS) is 11.2. The molecule has 0 aliphatic carbocycles. The molecule has 2 aromatic rings. The van der Waals surface area contributed by atoms with Crippen molar-refractivity contribution in [3.8, 4) is 17.0 Å². The number of pyridine rings is 1. The number of aromatic carboxylic acids is 1. The zero-order valence-electron chi connectivity index (χ0n) is 10.4. The number of hydrogen-bond acceptors (Lipinski definition) is 4. The molecule has 3 N–H and O–H groups in total. The van der Waals surface area contributed by atoms with Crippen molar-refractivity contribution in [2.24, 2.45) is 0 Å². The van der Waals surface area contributed by atoms with Crippen molar-refractivity contribution in [1.29, 1.82) is 0 Å². The third kappa shape index (κ3) is 3.41. The standard InChI is InChI=1S/C13H9F3N2O3/c14-13(15,16)21-8-3-1-2-7(6-8)11-10(17)9(12(19)20)4-5-18-11/h1-6H,17H2,(H,19,20). The van der Waals surface area contributed by atoms with E-state index in [1.807, 2.05) is 0 Å². The van der Waals surface area contributed by atoms with E-state index < -0.39 is 18.1 Å². The zero-order valence-corrected chi connectivity index (χ0v) is 10.4. The summed E-state index contributed by atoms with van der Waals surface area (Å²) in [7, 11) is 0. The van der Waals surface area contributed by atoms with Crippen LogP contribution in [0.25, 0.3) is 11.3 Å². The molecule has 5 nitrogen and oxygen atoms in total. The van der Waals surface area contributed by atoms with Gasteiger partial charge in [-0.3, -0.25) is 4.98 Å². The van der Waals surface area contributed by atoms with Crippen LogP contribution < -0.4 is 10.5 Å². The Morgan fingerprint density at radius 2 is 2.00 bits per heavy atom. The largest absolute Gasteiger partial charge is 0.573 e. The first kappa shape index (κ1) is 14.6. The second-order valence-corrected chi connectivity index (χ2v) is 4.00. The summed E-state index contributed by atoms with van der Waals surface area (Å²) in [6, 6.07) is 6.18. The van der Waals surface area contributed by atoms with Crippen molar-refractivity contribution >= 4 is 11.7 Å². The molecule has 0 saturated heterocycles. The van der Waals surface area contributed by atoms with Crippen LogP contribution in [0.2, 0.25) is 0 Å². The van der Waals surface area contributed by atoms with Crippen LogP contribution in [-0.4, -0.2) is 22.4 Å². The van der Waals surface area contributed by atoms with Gasteiger partial charge in [0.05, 0.1) is 16.9 Å². The number of carbonyl (C=O) groups is 1. The number of ether oxygens (including phenoxy) is 1. The van der Waals surface area contributed by atoms with Gasteiger partial charge in [0.15, 0.2) is 0 Å². The Morgan fingerprint density at radius 1 is 1.29 bits per heavy atom.